The molecule has 0 unspecified atom stereocenters. The molecule has 0 N–H and O–H groups in total. The predicted molar refractivity (Wildman–Crippen MR) is 92.3 cm³/mol. The molecule has 0 aliphatic rings. The maximum absolute atomic E-state index is 11.9. The van der Waals surface area contributed by atoms with E-state index >= 15 is 0 Å². The van der Waals surface area contributed by atoms with Crippen molar-refractivity contribution in [1.82, 2.24) is 0 Å². The topological polar surface area (TPSA) is 44.8 Å². The third-order valence-corrected chi connectivity index (χ3v) is 3.84. The van der Waals surface area contributed by atoms with E-state index < -0.39 is 5.97 Å². The number of fused-ring (bicyclic) bond motifs is 1. The summed E-state index contributed by atoms with van der Waals surface area (Å²) in [5, 5.41) is 2.11. The maximum atomic E-state index is 11.9. The molecule has 0 fully saturated rings. The van der Waals surface area contributed by atoms with Gasteiger partial charge in [0.2, 0.25) is 0 Å². The molecule has 2 aromatic rings. The molecular weight excluding hydrogens is 316 g/mol. The Kier molecular flexibility index (Phi) is 5.50. The fourth-order valence-corrected chi connectivity index (χ4v) is 2.75. The summed E-state index contributed by atoms with van der Waals surface area (Å²) in [5.74, 6) is 0.749. The Morgan fingerprint density at radius 3 is 2.22 bits per heavy atom. The zero-order valence-corrected chi connectivity index (χ0v) is 14.4. The van der Waals surface area contributed by atoms with E-state index in [2.05, 4.69) is 0 Å². The van der Waals surface area contributed by atoms with Gasteiger partial charge in [-0.15, -0.1) is 0 Å². The van der Waals surface area contributed by atoms with Gasteiger partial charge in [-0.05, 0) is 19.9 Å². The Hall–Kier alpha value is -2.20. The molecule has 5 heteroatoms. The molecule has 0 saturated carbocycles. The van der Waals surface area contributed by atoms with Crippen molar-refractivity contribution < 1.29 is 19.0 Å². The van der Waals surface area contributed by atoms with Crippen molar-refractivity contribution in [3.8, 4) is 11.5 Å². The van der Waals surface area contributed by atoms with E-state index in [1.165, 1.54) is 0 Å². The van der Waals surface area contributed by atoms with Gasteiger partial charge in [0.15, 0.2) is 0 Å². The van der Waals surface area contributed by atoms with Crippen molar-refractivity contribution in [2.75, 3.05) is 20.8 Å². The lowest BCUT2D eigenvalue weighted by molar-refractivity contribution is -0.138. The summed E-state index contributed by atoms with van der Waals surface area (Å²) in [6, 6.07) is 7.64. The number of ether oxygens (including phenoxy) is 3. The molecule has 2 aromatic carbocycles. The van der Waals surface area contributed by atoms with Crippen LogP contribution in [0.5, 0.6) is 11.5 Å². The lowest BCUT2D eigenvalue weighted by Gasteiger charge is -2.16. The standard InChI is InChI=1S/C18H19ClO4/c1-5-23-18(20)11(2)10-14-15(19)17(22-4)13-9-7-6-8-12(13)16(14)21-3/h6-10H,5H2,1-4H3/b11-10+. The maximum Gasteiger partial charge on any atom is 0.333 e. The number of hydrogen-bond acceptors (Lipinski definition) is 4. The van der Waals surface area contributed by atoms with Crippen LogP contribution in [0.15, 0.2) is 29.8 Å². The van der Waals surface area contributed by atoms with Gasteiger partial charge in [-0.2, -0.15) is 0 Å². The first kappa shape index (κ1) is 17.2. The molecule has 0 saturated heterocycles. The normalized spacial score (nSPS) is 11.4. The molecular formula is C18H19ClO4. The molecule has 0 heterocycles. The lowest BCUT2D eigenvalue weighted by atomic mass is 10.0. The van der Waals surface area contributed by atoms with Gasteiger partial charge in [0.05, 0.1) is 25.8 Å². The van der Waals surface area contributed by atoms with E-state index in [4.69, 9.17) is 25.8 Å². The molecule has 2 rings (SSSR count). The average Bonchev–Trinajstić information content (AvgIpc) is 2.56. The third kappa shape index (κ3) is 3.27. The summed E-state index contributed by atoms with van der Waals surface area (Å²) in [7, 11) is 3.13. The van der Waals surface area contributed by atoms with Crippen molar-refractivity contribution >= 4 is 34.4 Å². The molecule has 0 radical (unpaired) electrons. The Labute approximate surface area is 140 Å². The number of carbonyl (C=O) groups is 1. The molecule has 122 valence electrons. The number of carbonyl (C=O) groups excluding carboxylic acids is 1. The smallest absolute Gasteiger partial charge is 0.333 e. The quantitative estimate of drug-likeness (QED) is 0.597. The first-order chi connectivity index (χ1) is 11.0. The van der Waals surface area contributed by atoms with E-state index in [1.807, 2.05) is 24.3 Å². The van der Waals surface area contributed by atoms with E-state index in [1.54, 1.807) is 34.1 Å². The van der Waals surface area contributed by atoms with Crippen LogP contribution < -0.4 is 9.47 Å². The minimum absolute atomic E-state index is 0.315. The summed E-state index contributed by atoms with van der Waals surface area (Å²) in [6.45, 7) is 3.75. The van der Waals surface area contributed by atoms with E-state index in [0.717, 1.165) is 10.8 Å². The largest absolute Gasteiger partial charge is 0.495 e. The van der Waals surface area contributed by atoms with Gasteiger partial charge in [-0.25, -0.2) is 4.79 Å². The fourth-order valence-electron chi connectivity index (χ4n) is 2.43. The predicted octanol–water partition coefficient (Wildman–Crippen LogP) is 4.48. The van der Waals surface area contributed by atoms with Crippen LogP contribution in [0, 0.1) is 0 Å². The molecule has 0 spiro atoms. The van der Waals surface area contributed by atoms with Crippen LogP contribution in [-0.2, 0) is 9.53 Å². The second-order valence-corrected chi connectivity index (χ2v) is 5.27. The molecule has 0 aliphatic heterocycles. The molecule has 0 aliphatic carbocycles. The SMILES string of the molecule is CCOC(=O)/C(C)=C/c1c(Cl)c(OC)c2ccccc2c1OC. The summed E-state index contributed by atoms with van der Waals surface area (Å²) in [5.41, 5.74) is 1.03. The molecule has 23 heavy (non-hydrogen) atoms. The first-order valence-corrected chi connectivity index (χ1v) is 7.60. The molecule has 0 aromatic heterocycles. The Bertz CT molecular complexity index is 765. The monoisotopic (exact) mass is 334 g/mol. The summed E-state index contributed by atoms with van der Waals surface area (Å²) < 4.78 is 16.0. The minimum atomic E-state index is -0.391. The Morgan fingerprint density at radius 2 is 1.70 bits per heavy atom. The highest BCUT2D eigenvalue weighted by Crippen LogP contribution is 2.44. The zero-order chi connectivity index (χ0) is 17.0. The summed E-state index contributed by atoms with van der Waals surface area (Å²) >= 11 is 6.50. The first-order valence-electron chi connectivity index (χ1n) is 7.22. The van der Waals surface area contributed by atoms with Gasteiger partial charge >= 0.3 is 5.97 Å². The second kappa shape index (κ2) is 7.38. The van der Waals surface area contributed by atoms with Crippen LogP contribution in [0.2, 0.25) is 5.02 Å². The third-order valence-electron chi connectivity index (χ3n) is 3.46. The Balaban J connectivity index is 2.75. The van der Waals surface area contributed by atoms with E-state index in [9.17, 15) is 4.79 Å². The highest BCUT2D eigenvalue weighted by Gasteiger charge is 2.19. The number of halogens is 1. The van der Waals surface area contributed by atoms with E-state index in [0.29, 0.717) is 34.3 Å². The van der Waals surface area contributed by atoms with Gasteiger partial charge < -0.3 is 14.2 Å². The molecule has 0 atom stereocenters. The fraction of sp³-hybridized carbons (Fsp3) is 0.278. The van der Waals surface area contributed by atoms with Crippen molar-refractivity contribution in [1.29, 1.82) is 0 Å². The number of methoxy groups -OCH3 is 2. The van der Waals surface area contributed by atoms with Crippen LogP contribution in [-0.4, -0.2) is 26.8 Å². The van der Waals surface area contributed by atoms with Crippen LogP contribution in [0.3, 0.4) is 0 Å². The van der Waals surface area contributed by atoms with Crippen molar-refractivity contribution in [2.45, 2.75) is 13.8 Å². The molecule has 0 amide bonds. The van der Waals surface area contributed by atoms with E-state index in [-0.39, 0.29) is 0 Å². The zero-order valence-electron chi connectivity index (χ0n) is 13.6. The second-order valence-electron chi connectivity index (χ2n) is 4.89. The van der Waals surface area contributed by atoms with Crippen molar-refractivity contribution in [2.24, 2.45) is 0 Å². The highest BCUT2D eigenvalue weighted by atomic mass is 35.5. The van der Waals surface area contributed by atoms with Gasteiger partial charge in [0, 0.05) is 21.9 Å². The van der Waals surface area contributed by atoms with Crippen LogP contribution in [0.4, 0.5) is 0 Å². The Morgan fingerprint density at radius 1 is 1.13 bits per heavy atom. The highest BCUT2D eigenvalue weighted by molar-refractivity contribution is 6.35. The number of hydrogen-bond donors (Lipinski definition) is 0. The number of benzene rings is 2. The van der Waals surface area contributed by atoms with Crippen LogP contribution in [0.25, 0.3) is 16.8 Å². The summed E-state index contributed by atoms with van der Waals surface area (Å²) in [6.07, 6.45) is 1.66. The van der Waals surface area contributed by atoms with Crippen molar-refractivity contribution in [3.63, 3.8) is 0 Å². The molecule has 0 bridgehead atoms. The van der Waals surface area contributed by atoms with Gasteiger partial charge in [-0.3, -0.25) is 0 Å². The van der Waals surface area contributed by atoms with Gasteiger partial charge in [-0.1, -0.05) is 35.9 Å². The summed E-state index contributed by atoms with van der Waals surface area (Å²) in [4.78, 5) is 11.9. The minimum Gasteiger partial charge on any atom is -0.495 e. The number of esters is 1. The van der Waals surface area contributed by atoms with Crippen LogP contribution in [0.1, 0.15) is 19.4 Å². The number of rotatable bonds is 5. The van der Waals surface area contributed by atoms with Gasteiger partial charge in [0.1, 0.15) is 11.5 Å². The average molecular weight is 335 g/mol. The van der Waals surface area contributed by atoms with Crippen molar-refractivity contribution in [3.05, 3.63) is 40.4 Å². The lowest BCUT2D eigenvalue weighted by Crippen LogP contribution is -2.05. The molecule has 4 nitrogen and oxygen atoms in total. The van der Waals surface area contributed by atoms with Gasteiger partial charge in [0.25, 0.3) is 0 Å². The van der Waals surface area contributed by atoms with Crippen LogP contribution >= 0.6 is 11.6 Å².